The standard InChI is InChI=1S/C11H10Cl2N4O2/c12-5-1-2-8-7-16(15-14-8)11-4-3-9(17(18)19)6-10(11)13/h3-4,6-7H,1-2,5H2. The predicted octanol–water partition coefficient (Wildman–Crippen LogP) is 3.00. The smallest absolute Gasteiger partial charge is 0.258 e. The van der Waals surface area contributed by atoms with Gasteiger partial charge in [0.05, 0.1) is 27.5 Å². The number of nitro benzene ring substituents is 1. The molecule has 0 radical (unpaired) electrons. The first-order chi connectivity index (χ1) is 9.11. The molecule has 0 spiro atoms. The quantitative estimate of drug-likeness (QED) is 0.483. The first-order valence-electron chi connectivity index (χ1n) is 5.53. The summed E-state index contributed by atoms with van der Waals surface area (Å²) in [5.41, 5.74) is 1.29. The fourth-order valence-electron chi connectivity index (χ4n) is 1.57. The van der Waals surface area contributed by atoms with E-state index < -0.39 is 4.92 Å². The van der Waals surface area contributed by atoms with E-state index in [2.05, 4.69) is 10.3 Å². The van der Waals surface area contributed by atoms with Gasteiger partial charge in [0.2, 0.25) is 0 Å². The van der Waals surface area contributed by atoms with Crippen LogP contribution in [0.5, 0.6) is 0 Å². The van der Waals surface area contributed by atoms with Crippen LogP contribution in [0.4, 0.5) is 5.69 Å². The van der Waals surface area contributed by atoms with E-state index in [0.29, 0.717) is 11.6 Å². The molecule has 0 saturated heterocycles. The topological polar surface area (TPSA) is 73.8 Å². The van der Waals surface area contributed by atoms with Crippen molar-refractivity contribution in [3.8, 4) is 5.69 Å². The SMILES string of the molecule is O=[N+]([O-])c1ccc(-n2cc(CCCCl)nn2)c(Cl)c1. The van der Waals surface area contributed by atoms with Gasteiger partial charge < -0.3 is 0 Å². The van der Waals surface area contributed by atoms with Gasteiger partial charge >= 0.3 is 0 Å². The number of rotatable bonds is 5. The molecule has 6 nitrogen and oxygen atoms in total. The first kappa shape index (κ1) is 13.8. The fraction of sp³-hybridized carbons (Fsp3) is 0.273. The highest BCUT2D eigenvalue weighted by atomic mass is 35.5. The Morgan fingerprint density at radius 2 is 2.21 bits per heavy atom. The average molecular weight is 301 g/mol. The van der Waals surface area contributed by atoms with Crippen LogP contribution in [0.1, 0.15) is 12.1 Å². The minimum absolute atomic E-state index is 0.0590. The Bertz CT molecular complexity index is 600. The van der Waals surface area contributed by atoms with Gasteiger partial charge in [-0.2, -0.15) is 0 Å². The maximum atomic E-state index is 10.6. The molecule has 1 aromatic heterocycles. The summed E-state index contributed by atoms with van der Waals surface area (Å²) < 4.78 is 1.50. The summed E-state index contributed by atoms with van der Waals surface area (Å²) in [7, 11) is 0. The van der Waals surface area contributed by atoms with Gasteiger partial charge in [-0.25, -0.2) is 4.68 Å². The summed E-state index contributed by atoms with van der Waals surface area (Å²) >= 11 is 11.6. The Balaban J connectivity index is 2.26. The highest BCUT2D eigenvalue weighted by Gasteiger charge is 2.12. The molecule has 0 aliphatic rings. The first-order valence-corrected chi connectivity index (χ1v) is 6.44. The van der Waals surface area contributed by atoms with Crippen molar-refractivity contribution in [3.05, 3.63) is 45.2 Å². The molecule has 0 atom stereocenters. The van der Waals surface area contributed by atoms with E-state index in [-0.39, 0.29) is 10.7 Å². The molecule has 0 aliphatic heterocycles. The maximum absolute atomic E-state index is 10.6. The Kier molecular flexibility index (Phi) is 4.34. The van der Waals surface area contributed by atoms with E-state index >= 15 is 0 Å². The van der Waals surface area contributed by atoms with Gasteiger partial charge in [-0.1, -0.05) is 16.8 Å². The van der Waals surface area contributed by atoms with Gasteiger partial charge in [-0.05, 0) is 18.9 Å². The van der Waals surface area contributed by atoms with Crippen LogP contribution in [-0.2, 0) is 6.42 Å². The number of non-ortho nitro benzene ring substituents is 1. The van der Waals surface area contributed by atoms with Crippen molar-refractivity contribution < 1.29 is 4.92 Å². The van der Waals surface area contributed by atoms with Crippen LogP contribution in [0.15, 0.2) is 24.4 Å². The number of alkyl halides is 1. The molecule has 0 N–H and O–H groups in total. The Labute approximate surface area is 119 Å². The van der Waals surface area contributed by atoms with Gasteiger partial charge in [-0.3, -0.25) is 10.1 Å². The molecule has 8 heteroatoms. The number of aromatic nitrogens is 3. The number of hydrogen-bond acceptors (Lipinski definition) is 4. The summed E-state index contributed by atoms with van der Waals surface area (Å²) in [6.07, 6.45) is 3.28. The molecule has 0 unspecified atom stereocenters. The molecule has 19 heavy (non-hydrogen) atoms. The third-order valence-electron chi connectivity index (χ3n) is 2.50. The Morgan fingerprint density at radius 3 is 2.84 bits per heavy atom. The zero-order valence-electron chi connectivity index (χ0n) is 9.79. The summed E-state index contributed by atoms with van der Waals surface area (Å²) in [6.45, 7) is 0. The van der Waals surface area contributed by atoms with Crippen molar-refractivity contribution in [2.75, 3.05) is 5.88 Å². The number of benzene rings is 1. The number of nitro groups is 1. The molecular formula is C11H10Cl2N4O2. The highest BCUT2D eigenvalue weighted by molar-refractivity contribution is 6.32. The lowest BCUT2D eigenvalue weighted by Gasteiger charge is -2.02. The number of aryl methyl sites for hydroxylation is 1. The second kappa shape index (κ2) is 5.99. The minimum atomic E-state index is -0.497. The van der Waals surface area contributed by atoms with Gasteiger partial charge in [-0.15, -0.1) is 16.7 Å². The lowest BCUT2D eigenvalue weighted by molar-refractivity contribution is -0.384. The molecule has 0 aliphatic carbocycles. The van der Waals surface area contributed by atoms with Gasteiger partial charge in [0.1, 0.15) is 0 Å². The molecular weight excluding hydrogens is 291 g/mol. The maximum Gasteiger partial charge on any atom is 0.271 e. The van der Waals surface area contributed by atoms with Crippen molar-refractivity contribution in [2.45, 2.75) is 12.8 Å². The van der Waals surface area contributed by atoms with Gasteiger partial charge in [0.25, 0.3) is 5.69 Å². The fourth-order valence-corrected chi connectivity index (χ4v) is 1.97. The largest absolute Gasteiger partial charge is 0.271 e. The third-order valence-corrected chi connectivity index (χ3v) is 3.07. The molecule has 1 aromatic carbocycles. The summed E-state index contributed by atoms with van der Waals surface area (Å²) in [6, 6.07) is 4.21. The van der Waals surface area contributed by atoms with Crippen molar-refractivity contribution in [1.82, 2.24) is 15.0 Å². The van der Waals surface area contributed by atoms with E-state index in [1.54, 1.807) is 12.3 Å². The van der Waals surface area contributed by atoms with Crippen LogP contribution in [0.25, 0.3) is 5.69 Å². The van der Waals surface area contributed by atoms with Crippen molar-refractivity contribution in [2.24, 2.45) is 0 Å². The normalized spacial score (nSPS) is 10.6. The molecule has 0 amide bonds. The zero-order valence-corrected chi connectivity index (χ0v) is 11.3. The number of nitrogens with zero attached hydrogens (tertiary/aromatic N) is 4. The third kappa shape index (κ3) is 3.21. The Hall–Kier alpha value is -1.66. The van der Waals surface area contributed by atoms with Gasteiger partial charge in [0.15, 0.2) is 0 Å². The molecule has 0 bridgehead atoms. The molecule has 100 valence electrons. The van der Waals surface area contributed by atoms with E-state index in [4.69, 9.17) is 23.2 Å². The lowest BCUT2D eigenvalue weighted by atomic mass is 10.2. The minimum Gasteiger partial charge on any atom is -0.258 e. The van der Waals surface area contributed by atoms with Crippen LogP contribution in [0, 0.1) is 10.1 Å². The van der Waals surface area contributed by atoms with E-state index in [0.717, 1.165) is 18.5 Å². The number of hydrogen-bond donors (Lipinski definition) is 0. The predicted molar refractivity (Wildman–Crippen MR) is 72.1 cm³/mol. The van der Waals surface area contributed by atoms with Crippen molar-refractivity contribution >= 4 is 28.9 Å². The molecule has 2 aromatic rings. The van der Waals surface area contributed by atoms with Gasteiger partial charge in [0, 0.05) is 18.0 Å². The van der Waals surface area contributed by atoms with E-state index in [9.17, 15) is 10.1 Å². The van der Waals surface area contributed by atoms with Crippen LogP contribution < -0.4 is 0 Å². The summed E-state index contributed by atoms with van der Waals surface area (Å²) in [5.74, 6) is 0.561. The van der Waals surface area contributed by atoms with Crippen LogP contribution in [0.2, 0.25) is 5.02 Å². The van der Waals surface area contributed by atoms with Crippen LogP contribution >= 0.6 is 23.2 Å². The second-order valence-electron chi connectivity index (χ2n) is 3.84. The van der Waals surface area contributed by atoms with Crippen molar-refractivity contribution in [1.29, 1.82) is 0 Å². The van der Waals surface area contributed by atoms with E-state index in [1.807, 2.05) is 0 Å². The molecule has 1 heterocycles. The molecule has 0 fully saturated rings. The summed E-state index contributed by atoms with van der Waals surface area (Å²) in [4.78, 5) is 10.1. The monoisotopic (exact) mass is 300 g/mol. The average Bonchev–Trinajstić information content (AvgIpc) is 2.84. The van der Waals surface area contributed by atoms with Crippen LogP contribution in [0.3, 0.4) is 0 Å². The summed E-state index contributed by atoms with van der Waals surface area (Å²) in [5, 5.41) is 18.8. The number of halogens is 2. The highest BCUT2D eigenvalue weighted by Crippen LogP contribution is 2.25. The Morgan fingerprint density at radius 1 is 1.42 bits per heavy atom. The lowest BCUT2D eigenvalue weighted by Crippen LogP contribution is -1.97. The zero-order chi connectivity index (χ0) is 13.8. The molecule has 0 saturated carbocycles. The van der Waals surface area contributed by atoms with Crippen molar-refractivity contribution in [3.63, 3.8) is 0 Å². The second-order valence-corrected chi connectivity index (χ2v) is 4.62. The van der Waals surface area contributed by atoms with E-state index in [1.165, 1.54) is 16.8 Å². The molecule has 2 rings (SSSR count). The van der Waals surface area contributed by atoms with Crippen LogP contribution in [-0.4, -0.2) is 25.8 Å².